The van der Waals surface area contributed by atoms with Gasteiger partial charge in [-0.1, -0.05) is 188 Å². The topological polar surface area (TPSA) is 6.48 Å². The van der Waals surface area contributed by atoms with E-state index in [0.717, 1.165) is 34.1 Å². The van der Waals surface area contributed by atoms with E-state index in [2.05, 4.69) is 265 Å². The highest BCUT2D eigenvalue weighted by atomic mass is 28.3. The van der Waals surface area contributed by atoms with Crippen molar-refractivity contribution < 1.29 is 0 Å². The third-order valence-electron chi connectivity index (χ3n) is 10.7. The van der Waals surface area contributed by atoms with E-state index in [1.54, 1.807) is 0 Å². The van der Waals surface area contributed by atoms with Gasteiger partial charge in [-0.15, -0.1) is 0 Å². The van der Waals surface area contributed by atoms with Gasteiger partial charge in [-0.2, -0.15) is 0 Å². The molecular formula is C54H42N2Si. The molecule has 0 fully saturated rings. The Balaban J connectivity index is 1.40. The maximum atomic E-state index is 2.47. The van der Waals surface area contributed by atoms with Crippen LogP contribution < -0.4 is 30.5 Å². The number of hydrogen-bond donors (Lipinski definition) is 0. The first-order valence-corrected chi connectivity index (χ1v) is 21.5. The average molecular weight is 747 g/mol. The Kier molecular flexibility index (Phi) is 10.1. The zero-order valence-corrected chi connectivity index (χ0v) is 32.6. The lowest BCUT2D eigenvalue weighted by Crippen LogP contribution is -2.74. The second-order valence-electron chi connectivity index (χ2n) is 14.2. The van der Waals surface area contributed by atoms with E-state index in [-0.39, 0.29) is 0 Å². The fraction of sp³-hybridized carbons (Fsp3) is 0. The Morgan fingerprint density at radius 3 is 0.842 bits per heavy atom. The minimum Gasteiger partial charge on any atom is -0.310 e. The molecule has 0 bridgehead atoms. The summed E-state index contributed by atoms with van der Waals surface area (Å²) in [6.45, 7) is 0. The summed E-state index contributed by atoms with van der Waals surface area (Å²) in [5, 5.41) is 5.25. The first kappa shape index (κ1) is 35.5. The first-order valence-electron chi connectivity index (χ1n) is 19.5. The molecule has 0 amide bonds. The maximum Gasteiger partial charge on any atom is 0.179 e. The van der Waals surface area contributed by atoms with Crippen LogP contribution in [0.3, 0.4) is 0 Å². The molecule has 0 spiro atoms. The number of benzene rings is 9. The summed E-state index contributed by atoms with van der Waals surface area (Å²) in [6, 6.07) is 92.7. The molecule has 0 aliphatic heterocycles. The molecule has 57 heavy (non-hydrogen) atoms. The van der Waals surface area contributed by atoms with Crippen LogP contribution in [-0.4, -0.2) is 8.07 Å². The third-order valence-corrected chi connectivity index (χ3v) is 15.5. The van der Waals surface area contributed by atoms with Gasteiger partial charge in [-0.3, -0.25) is 0 Å². The fourth-order valence-corrected chi connectivity index (χ4v) is 13.0. The van der Waals surface area contributed by atoms with Crippen LogP contribution in [0.15, 0.2) is 255 Å². The SMILES string of the molecule is c1ccc(-c2ccc([Si](c3ccccc3)(c3ccccc3)c3cc(N(c4ccccc4)c4ccccc4)cc(N(c4ccccc4)c4ccccc4)c3)cc2)cc1. The van der Waals surface area contributed by atoms with Crippen molar-refractivity contribution in [1.29, 1.82) is 0 Å². The predicted octanol–water partition coefficient (Wildman–Crippen LogP) is 11.7. The normalized spacial score (nSPS) is 11.2. The quantitative estimate of drug-likeness (QED) is 0.0961. The largest absolute Gasteiger partial charge is 0.310 e. The van der Waals surface area contributed by atoms with E-state index in [4.69, 9.17) is 0 Å². The zero-order chi connectivity index (χ0) is 38.3. The van der Waals surface area contributed by atoms with E-state index in [1.165, 1.54) is 31.9 Å². The Morgan fingerprint density at radius 2 is 0.491 bits per heavy atom. The molecule has 9 aromatic rings. The molecule has 272 valence electrons. The molecule has 0 aliphatic rings. The molecule has 0 heterocycles. The van der Waals surface area contributed by atoms with Gasteiger partial charge >= 0.3 is 0 Å². The molecule has 9 rings (SSSR count). The second-order valence-corrected chi connectivity index (χ2v) is 18.0. The molecule has 0 aromatic heterocycles. The summed E-state index contributed by atoms with van der Waals surface area (Å²) < 4.78 is 0. The molecule has 0 saturated carbocycles. The van der Waals surface area contributed by atoms with Gasteiger partial charge in [0.05, 0.1) is 0 Å². The summed E-state index contributed by atoms with van der Waals surface area (Å²) in [4.78, 5) is 4.80. The lowest BCUT2D eigenvalue weighted by Gasteiger charge is -2.37. The zero-order valence-electron chi connectivity index (χ0n) is 31.6. The van der Waals surface area contributed by atoms with Gasteiger partial charge in [0.15, 0.2) is 8.07 Å². The fourth-order valence-electron chi connectivity index (χ4n) is 8.19. The summed E-state index contributed by atoms with van der Waals surface area (Å²) in [6.07, 6.45) is 0. The number of para-hydroxylation sites is 4. The van der Waals surface area contributed by atoms with Crippen molar-refractivity contribution in [3.8, 4) is 11.1 Å². The monoisotopic (exact) mass is 746 g/mol. The molecule has 9 aromatic carbocycles. The van der Waals surface area contributed by atoms with Gasteiger partial charge in [0, 0.05) is 34.1 Å². The third kappa shape index (κ3) is 7.09. The van der Waals surface area contributed by atoms with E-state index in [1.807, 2.05) is 0 Å². The van der Waals surface area contributed by atoms with Gasteiger partial charge < -0.3 is 9.80 Å². The van der Waals surface area contributed by atoms with Gasteiger partial charge in [0.2, 0.25) is 0 Å². The van der Waals surface area contributed by atoms with Gasteiger partial charge in [0.25, 0.3) is 0 Å². The molecule has 3 heteroatoms. The summed E-state index contributed by atoms with van der Waals surface area (Å²) in [7, 11) is -3.04. The molecule has 2 nitrogen and oxygen atoms in total. The molecule has 0 saturated heterocycles. The smallest absolute Gasteiger partial charge is 0.179 e. The van der Waals surface area contributed by atoms with Crippen LogP contribution in [-0.2, 0) is 0 Å². The summed E-state index contributed by atoms with van der Waals surface area (Å²) in [5.74, 6) is 0. The van der Waals surface area contributed by atoms with Crippen LogP contribution in [0.25, 0.3) is 11.1 Å². The highest BCUT2D eigenvalue weighted by Crippen LogP contribution is 2.40. The van der Waals surface area contributed by atoms with E-state index >= 15 is 0 Å². The first-order chi connectivity index (χ1) is 28.3. The van der Waals surface area contributed by atoms with Crippen LogP contribution >= 0.6 is 0 Å². The van der Waals surface area contributed by atoms with Crippen LogP contribution in [0, 0.1) is 0 Å². The number of rotatable bonds is 11. The Hall–Kier alpha value is -7.20. The van der Waals surface area contributed by atoms with Gasteiger partial charge in [-0.25, -0.2) is 0 Å². The van der Waals surface area contributed by atoms with Crippen LogP contribution in [0.4, 0.5) is 34.1 Å². The van der Waals surface area contributed by atoms with E-state index in [0.29, 0.717) is 0 Å². The number of hydrogen-bond acceptors (Lipinski definition) is 2. The summed E-state index contributed by atoms with van der Waals surface area (Å²) >= 11 is 0. The average Bonchev–Trinajstić information content (AvgIpc) is 3.30. The number of anilines is 6. The minimum atomic E-state index is -3.04. The Labute approximate surface area is 337 Å². The van der Waals surface area contributed by atoms with Crippen molar-refractivity contribution in [1.82, 2.24) is 0 Å². The summed E-state index contributed by atoms with van der Waals surface area (Å²) in [5.41, 5.74) is 8.96. The van der Waals surface area contributed by atoms with E-state index < -0.39 is 8.07 Å². The van der Waals surface area contributed by atoms with Gasteiger partial charge in [-0.05, 0) is 98.6 Å². The standard InChI is InChI=1S/C54H42N2Si/c1-8-22-43(23-9-1)44-36-38-53(39-37-44)57(51-32-18-6-19-33-51,52-34-20-7-21-35-52)54-41-49(55(45-24-10-2-11-25-45)46-26-12-3-13-27-46)40-50(42-54)56(47-28-14-4-15-29-47)48-30-16-5-17-31-48/h1-42H. The van der Waals surface area contributed by atoms with Crippen molar-refractivity contribution in [2.75, 3.05) is 9.80 Å². The van der Waals surface area contributed by atoms with Crippen LogP contribution in [0.1, 0.15) is 0 Å². The predicted molar refractivity (Wildman–Crippen MR) is 245 cm³/mol. The van der Waals surface area contributed by atoms with Crippen molar-refractivity contribution in [3.05, 3.63) is 255 Å². The second kappa shape index (κ2) is 16.3. The molecular weight excluding hydrogens is 705 g/mol. The molecule has 0 atom stereocenters. The van der Waals surface area contributed by atoms with Crippen LogP contribution in [0.2, 0.25) is 0 Å². The number of nitrogens with zero attached hydrogens (tertiary/aromatic N) is 2. The van der Waals surface area contributed by atoms with Crippen molar-refractivity contribution in [3.63, 3.8) is 0 Å². The Bertz CT molecular complexity index is 2420. The molecule has 0 radical (unpaired) electrons. The van der Waals surface area contributed by atoms with E-state index in [9.17, 15) is 0 Å². The van der Waals surface area contributed by atoms with Crippen molar-refractivity contribution >= 4 is 62.9 Å². The van der Waals surface area contributed by atoms with Crippen LogP contribution in [0.5, 0.6) is 0 Å². The maximum absolute atomic E-state index is 3.04. The van der Waals surface area contributed by atoms with Gasteiger partial charge in [0.1, 0.15) is 0 Å². The minimum absolute atomic E-state index is 1.08. The van der Waals surface area contributed by atoms with Crippen molar-refractivity contribution in [2.45, 2.75) is 0 Å². The highest BCUT2D eigenvalue weighted by molar-refractivity contribution is 7.20. The highest BCUT2D eigenvalue weighted by Gasteiger charge is 2.42. The lowest BCUT2D eigenvalue weighted by atomic mass is 10.1. The Morgan fingerprint density at radius 1 is 0.211 bits per heavy atom. The molecule has 0 aliphatic carbocycles. The molecule has 0 N–H and O–H groups in total. The molecule has 0 unspecified atom stereocenters. The van der Waals surface area contributed by atoms with Crippen molar-refractivity contribution in [2.24, 2.45) is 0 Å². The lowest BCUT2D eigenvalue weighted by molar-refractivity contribution is 1.25.